The summed E-state index contributed by atoms with van der Waals surface area (Å²) in [6, 6.07) is 34.7. The molecule has 2 heteroatoms. The van der Waals surface area contributed by atoms with Crippen molar-refractivity contribution in [3.63, 3.8) is 0 Å². The van der Waals surface area contributed by atoms with Crippen molar-refractivity contribution in [1.82, 2.24) is 0 Å². The van der Waals surface area contributed by atoms with Gasteiger partial charge in [0.05, 0.1) is 11.4 Å². The third-order valence-corrected chi connectivity index (χ3v) is 6.47. The van der Waals surface area contributed by atoms with Crippen LogP contribution in [0.1, 0.15) is 6.92 Å². The minimum Gasteiger partial charge on any atom is -0.262 e. The zero-order valence-electron chi connectivity index (χ0n) is 18.4. The number of hydrogen-bond donors (Lipinski definition) is 0. The maximum Gasteiger partial charge on any atom is 0.0887 e. The lowest BCUT2D eigenvalue weighted by Crippen LogP contribution is -1.88. The third kappa shape index (κ3) is 2.95. The number of fused-ring (bicyclic) bond motifs is 8. The monoisotopic (exact) mass is 422 g/mol. The second-order valence-corrected chi connectivity index (χ2v) is 8.23. The molecule has 0 amide bonds. The van der Waals surface area contributed by atoms with E-state index in [0.717, 1.165) is 16.9 Å². The topological polar surface area (TPSA) is 24.7 Å². The fraction of sp³-hybridized carbons (Fsp3) is 0.0323. The van der Waals surface area contributed by atoms with E-state index in [1.165, 1.54) is 48.7 Å². The van der Waals surface area contributed by atoms with E-state index in [2.05, 4.69) is 108 Å². The highest BCUT2D eigenvalue weighted by atomic mass is 14.8. The van der Waals surface area contributed by atoms with Crippen LogP contribution >= 0.6 is 0 Å². The molecule has 0 saturated carbocycles. The van der Waals surface area contributed by atoms with Crippen molar-refractivity contribution >= 4 is 67.4 Å². The first-order valence-corrected chi connectivity index (χ1v) is 11.1. The lowest BCUT2D eigenvalue weighted by atomic mass is 9.87. The predicted octanol–water partition coefficient (Wildman–Crippen LogP) is 9.02. The summed E-state index contributed by atoms with van der Waals surface area (Å²) in [6.07, 6.45) is 1.80. The first-order valence-electron chi connectivity index (χ1n) is 11.1. The van der Waals surface area contributed by atoms with Gasteiger partial charge < -0.3 is 0 Å². The van der Waals surface area contributed by atoms with Crippen molar-refractivity contribution in [3.05, 3.63) is 97.1 Å². The Bertz CT molecular complexity index is 1740. The van der Waals surface area contributed by atoms with Crippen molar-refractivity contribution in [1.29, 1.82) is 0 Å². The molecule has 0 N–H and O–H groups in total. The Kier molecular flexibility index (Phi) is 4.51. The van der Waals surface area contributed by atoms with Crippen molar-refractivity contribution < 1.29 is 0 Å². The molecule has 0 unspecified atom stereocenters. The Morgan fingerprint density at radius 2 is 1.12 bits per heavy atom. The molecule has 6 aromatic carbocycles. The Morgan fingerprint density at radius 3 is 1.76 bits per heavy atom. The molecule has 6 aromatic rings. The summed E-state index contributed by atoms with van der Waals surface area (Å²) in [4.78, 5) is 8.69. The van der Waals surface area contributed by atoms with E-state index < -0.39 is 0 Å². The molecule has 2 nitrogen and oxygen atoms in total. The van der Waals surface area contributed by atoms with Crippen LogP contribution in [0.5, 0.6) is 0 Å². The first-order chi connectivity index (χ1) is 16.3. The summed E-state index contributed by atoms with van der Waals surface area (Å²) in [5.41, 5.74) is 3.94. The molecule has 0 spiro atoms. The van der Waals surface area contributed by atoms with Crippen molar-refractivity contribution in [2.24, 2.45) is 9.98 Å². The summed E-state index contributed by atoms with van der Waals surface area (Å²) < 4.78 is 0. The maximum absolute atomic E-state index is 4.54. The molecule has 0 aromatic heterocycles. The lowest BCUT2D eigenvalue weighted by Gasteiger charge is -2.16. The van der Waals surface area contributed by atoms with Crippen LogP contribution in [0.3, 0.4) is 0 Å². The number of rotatable bonds is 3. The molecule has 0 fully saturated rings. The van der Waals surface area contributed by atoms with Crippen LogP contribution in [0.4, 0.5) is 11.4 Å². The Balaban J connectivity index is 1.82. The van der Waals surface area contributed by atoms with Gasteiger partial charge in [0.25, 0.3) is 0 Å². The molecule has 0 aliphatic carbocycles. The molecular weight excluding hydrogens is 400 g/mol. The Morgan fingerprint density at radius 1 is 0.576 bits per heavy atom. The Labute approximate surface area is 192 Å². The molecule has 0 radical (unpaired) electrons. The standard InChI is InChI=1S/C31H22N2/c1-3-33-30-18-20(16-17-29(30)32-2)27-19-28-23-12-5-4-10-21(23)22-11-6-8-14-25(22)31(28)26-15-9-7-13-24(26)27/h3-19H,2H2,1H3/b33-3-. The Hall–Kier alpha value is -4.30. The fourth-order valence-electron chi connectivity index (χ4n) is 5.07. The summed E-state index contributed by atoms with van der Waals surface area (Å²) in [7, 11) is 0. The average Bonchev–Trinajstić information content (AvgIpc) is 2.88. The molecule has 33 heavy (non-hydrogen) atoms. The SMILES string of the molecule is C=Nc1ccc(-c2cc3c4ccccc4c4ccccc4c3c3ccccc23)cc1/N=C\C. The van der Waals surface area contributed by atoms with Crippen LogP contribution in [0, 0.1) is 0 Å². The van der Waals surface area contributed by atoms with Gasteiger partial charge in [-0.15, -0.1) is 0 Å². The minimum atomic E-state index is 0.790. The van der Waals surface area contributed by atoms with Gasteiger partial charge in [-0.2, -0.15) is 0 Å². The second kappa shape index (κ2) is 7.68. The normalized spacial score (nSPS) is 11.8. The largest absolute Gasteiger partial charge is 0.262 e. The van der Waals surface area contributed by atoms with Crippen LogP contribution in [0.15, 0.2) is 107 Å². The molecule has 0 saturated heterocycles. The van der Waals surface area contributed by atoms with E-state index in [-0.39, 0.29) is 0 Å². The fourth-order valence-corrected chi connectivity index (χ4v) is 5.07. The van der Waals surface area contributed by atoms with Gasteiger partial charge in [-0.05, 0) is 86.1 Å². The quantitative estimate of drug-likeness (QED) is 0.201. The van der Waals surface area contributed by atoms with Gasteiger partial charge in [-0.3, -0.25) is 9.98 Å². The van der Waals surface area contributed by atoms with E-state index in [1.54, 1.807) is 6.21 Å². The van der Waals surface area contributed by atoms with Gasteiger partial charge in [0, 0.05) is 6.21 Å². The second-order valence-electron chi connectivity index (χ2n) is 8.23. The molecule has 0 aliphatic rings. The first kappa shape index (κ1) is 19.4. The summed E-state index contributed by atoms with van der Waals surface area (Å²) in [6.45, 7) is 5.63. The van der Waals surface area contributed by atoms with Gasteiger partial charge in [-0.25, -0.2) is 0 Å². The van der Waals surface area contributed by atoms with Crippen LogP contribution in [-0.2, 0) is 0 Å². The smallest absolute Gasteiger partial charge is 0.0887 e. The molecule has 0 heterocycles. The maximum atomic E-state index is 4.54. The highest BCUT2D eigenvalue weighted by Gasteiger charge is 2.15. The molecule has 156 valence electrons. The van der Waals surface area contributed by atoms with Crippen LogP contribution < -0.4 is 0 Å². The molecule has 6 rings (SSSR count). The molecular formula is C31H22N2. The highest BCUT2D eigenvalue weighted by molar-refractivity contribution is 6.33. The summed E-state index contributed by atoms with van der Waals surface area (Å²) in [5, 5.41) is 10.2. The van der Waals surface area contributed by atoms with Gasteiger partial charge in [0.1, 0.15) is 0 Å². The van der Waals surface area contributed by atoms with E-state index in [1.807, 2.05) is 13.0 Å². The third-order valence-electron chi connectivity index (χ3n) is 6.47. The van der Waals surface area contributed by atoms with Crippen molar-refractivity contribution in [3.8, 4) is 11.1 Å². The van der Waals surface area contributed by atoms with E-state index >= 15 is 0 Å². The van der Waals surface area contributed by atoms with Crippen molar-refractivity contribution in [2.45, 2.75) is 6.92 Å². The van der Waals surface area contributed by atoms with Gasteiger partial charge >= 0.3 is 0 Å². The summed E-state index contributed by atoms with van der Waals surface area (Å²) in [5.74, 6) is 0. The van der Waals surface area contributed by atoms with E-state index in [0.29, 0.717) is 0 Å². The molecule has 0 aliphatic heterocycles. The lowest BCUT2D eigenvalue weighted by molar-refractivity contribution is 1.46. The zero-order valence-corrected chi connectivity index (χ0v) is 18.4. The van der Waals surface area contributed by atoms with Crippen LogP contribution in [0.2, 0.25) is 0 Å². The number of nitrogens with zero attached hydrogens (tertiary/aromatic N) is 2. The van der Waals surface area contributed by atoms with E-state index in [4.69, 9.17) is 0 Å². The number of benzene rings is 6. The number of aliphatic imine (C=N–C) groups is 2. The highest BCUT2D eigenvalue weighted by Crippen LogP contribution is 2.43. The average molecular weight is 423 g/mol. The minimum absolute atomic E-state index is 0.790. The van der Waals surface area contributed by atoms with Gasteiger partial charge in [0.15, 0.2) is 0 Å². The summed E-state index contributed by atoms with van der Waals surface area (Å²) >= 11 is 0. The van der Waals surface area contributed by atoms with Gasteiger partial charge in [0.2, 0.25) is 0 Å². The molecule has 0 atom stereocenters. The zero-order chi connectivity index (χ0) is 22.4. The van der Waals surface area contributed by atoms with Crippen LogP contribution in [0.25, 0.3) is 54.2 Å². The number of hydrogen-bond acceptors (Lipinski definition) is 2. The molecule has 0 bridgehead atoms. The van der Waals surface area contributed by atoms with Crippen molar-refractivity contribution in [2.75, 3.05) is 0 Å². The van der Waals surface area contributed by atoms with Gasteiger partial charge in [-0.1, -0.05) is 78.9 Å². The van der Waals surface area contributed by atoms with E-state index in [9.17, 15) is 0 Å². The predicted molar refractivity (Wildman–Crippen MR) is 145 cm³/mol. The van der Waals surface area contributed by atoms with Crippen LogP contribution in [-0.4, -0.2) is 12.9 Å².